The van der Waals surface area contributed by atoms with Gasteiger partial charge in [-0.3, -0.25) is 19.8 Å². The molecule has 0 bridgehead atoms. The molecule has 0 spiro atoms. The van der Waals surface area contributed by atoms with Crippen molar-refractivity contribution in [1.29, 1.82) is 0 Å². The molecule has 2 N–H and O–H groups in total. The van der Waals surface area contributed by atoms with Crippen molar-refractivity contribution in [3.05, 3.63) is 28.8 Å². The molecule has 0 radical (unpaired) electrons. The van der Waals surface area contributed by atoms with E-state index in [4.69, 9.17) is 0 Å². The van der Waals surface area contributed by atoms with Crippen LogP contribution in [0.2, 0.25) is 0 Å². The number of carbonyl (C=O) groups excluding carboxylic acids is 3. The van der Waals surface area contributed by atoms with Gasteiger partial charge in [0.1, 0.15) is 5.75 Å². The Bertz CT molecular complexity index is 949. The van der Waals surface area contributed by atoms with Gasteiger partial charge in [-0.1, -0.05) is 119 Å². The number of amides is 3. The Morgan fingerprint density at radius 3 is 1.95 bits per heavy atom. The molecule has 6 heteroatoms. The lowest BCUT2D eigenvalue weighted by molar-refractivity contribution is -0.148. The van der Waals surface area contributed by atoms with Gasteiger partial charge in [0.25, 0.3) is 5.91 Å². The highest BCUT2D eigenvalue weighted by Gasteiger charge is 2.39. The van der Waals surface area contributed by atoms with Gasteiger partial charge < -0.3 is 5.11 Å². The van der Waals surface area contributed by atoms with Crippen molar-refractivity contribution in [3.8, 4) is 5.75 Å². The summed E-state index contributed by atoms with van der Waals surface area (Å²) in [4.78, 5) is 38.1. The van der Waals surface area contributed by atoms with Gasteiger partial charge in [0.15, 0.2) is 0 Å². The first-order valence-electron chi connectivity index (χ1n) is 15.1. The second kappa shape index (κ2) is 14.3. The first-order valence-corrected chi connectivity index (χ1v) is 15.1. The fourth-order valence-electron chi connectivity index (χ4n) is 5.29. The Balaban J connectivity index is 1.83. The molecule has 1 aliphatic rings. The number of rotatable bonds is 14. The van der Waals surface area contributed by atoms with Crippen LogP contribution in [0.3, 0.4) is 0 Å². The van der Waals surface area contributed by atoms with Gasteiger partial charge in [0.05, 0.1) is 0 Å². The average molecular weight is 543 g/mol. The number of hydrazine groups is 1. The van der Waals surface area contributed by atoms with Gasteiger partial charge >= 0.3 is 0 Å². The molecule has 1 aromatic carbocycles. The summed E-state index contributed by atoms with van der Waals surface area (Å²) in [5.74, 6) is -0.190. The zero-order chi connectivity index (χ0) is 29.4. The van der Waals surface area contributed by atoms with E-state index in [1.165, 1.54) is 38.5 Å². The summed E-state index contributed by atoms with van der Waals surface area (Å²) in [5, 5.41) is 11.9. The minimum atomic E-state index is -0.350. The Kier molecular flexibility index (Phi) is 12.1. The number of phenols is 1. The summed E-state index contributed by atoms with van der Waals surface area (Å²) in [6.07, 6.45) is 11.1. The van der Waals surface area contributed by atoms with Crippen LogP contribution in [0.4, 0.5) is 0 Å². The summed E-state index contributed by atoms with van der Waals surface area (Å²) in [6.45, 7) is 16.9. The van der Waals surface area contributed by atoms with Gasteiger partial charge in [0.2, 0.25) is 11.8 Å². The highest BCUT2D eigenvalue weighted by atomic mass is 16.3. The van der Waals surface area contributed by atoms with Crippen LogP contribution in [0.1, 0.15) is 143 Å². The number of nitrogens with one attached hydrogen (secondary N) is 1. The van der Waals surface area contributed by atoms with E-state index in [1.54, 1.807) is 0 Å². The molecule has 1 aliphatic heterocycles. The van der Waals surface area contributed by atoms with E-state index in [0.717, 1.165) is 40.5 Å². The van der Waals surface area contributed by atoms with Crippen molar-refractivity contribution >= 4 is 17.7 Å². The summed E-state index contributed by atoms with van der Waals surface area (Å²) >= 11 is 0. The van der Waals surface area contributed by atoms with Crippen molar-refractivity contribution in [2.45, 2.75) is 143 Å². The molecule has 0 saturated carbocycles. The number of unbranched alkanes of at least 4 members (excludes halogenated alkanes) is 6. The maximum Gasteiger partial charge on any atom is 0.251 e. The Hall–Kier alpha value is -2.37. The van der Waals surface area contributed by atoms with E-state index < -0.39 is 0 Å². The molecule has 220 valence electrons. The molecule has 0 aliphatic carbocycles. The second-order valence-electron chi connectivity index (χ2n) is 14.0. The van der Waals surface area contributed by atoms with Crippen LogP contribution in [0, 0.1) is 11.8 Å². The maximum absolute atomic E-state index is 12.8. The number of phenolic OH excluding ortho intramolecular Hbond substituents is 1. The Labute approximate surface area is 237 Å². The Morgan fingerprint density at radius 1 is 0.923 bits per heavy atom. The third-order valence-corrected chi connectivity index (χ3v) is 7.74. The fraction of sp³-hybridized carbons (Fsp3) is 0.727. The minimum absolute atomic E-state index is 0.150. The smallest absolute Gasteiger partial charge is 0.251 e. The topological polar surface area (TPSA) is 86.7 Å². The van der Waals surface area contributed by atoms with Crippen LogP contribution in [0.5, 0.6) is 5.75 Å². The standard InChI is InChI=1S/C33H54N2O4/c1-23(2)16-14-12-10-9-11-13-15-17-25-22-29(37)35(31(25)39)34-28(36)19-18-24-20-26(32(3,4)5)30(38)27(21-24)33(6,7)8/h20-21,23,25,38H,9-19,22H2,1-8H3,(H,34,36). The normalized spacial score (nSPS) is 16.4. The van der Waals surface area contributed by atoms with E-state index in [9.17, 15) is 19.5 Å². The predicted octanol–water partition coefficient (Wildman–Crippen LogP) is 7.49. The van der Waals surface area contributed by atoms with Crippen LogP contribution in [0.25, 0.3) is 0 Å². The molecule has 39 heavy (non-hydrogen) atoms. The molecule has 1 fully saturated rings. The molecule has 1 saturated heterocycles. The number of hydrogen-bond acceptors (Lipinski definition) is 4. The molecule has 6 nitrogen and oxygen atoms in total. The number of carbonyl (C=O) groups is 3. The average Bonchev–Trinajstić information content (AvgIpc) is 3.08. The summed E-state index contributed by atoms with van der Waals surface area (Å²) in [7, 11) is 0. The number of imide groups is 1. The quantitative estimate of drug-likeness (QED) is 0.188. The molecule has 2 rings (SSSR count). The number of aromatic hydroxyl groups is 1. The molecule has 1 heterocycles. The predicted molar refractivity (Wildman–Crippen MR) is 158 cm³/mol. The lowest BCUT2D eigenvalue weighted by Gasteiger charge is -2.28. The van der Waals surface area contributed by atoms with Gasteiger partial charge in [-0.15, -0.1) is 0 Å². The molecule has 3 amide bonds. The van der Waals surface area contributed by atoms with Crippen LogP contribution < -0.4 is 5.43 Å². The van der Waals surface area contributed by atoms with Crippen molar-refractivity contribution in [2.24, 2.45) is 11.8 Å². The van der Waals surface area contributed by atoms with Crippen LogP contribution in [0.15, 0.2) is 12.1 Å². The van der Waals surface area contributed by atoms with Gasteiger partial charge in [0, 0.05) is 18.8 Å². The third kappa shape index (κ3) is 10.3. The summed E-state index contributed by atoms with van der Waals surface area (Å²) < 4.78 is 0. The minimum Gasteiger partial charge on any atom is -0.507 e. The van der Waals surface area contributed by atoms with Crippen molar-refractivity contribution < 1.29 is 19.5 Å². The van der Waals surface area contributed by atoms with Crippen LogP contribution >= 0.6 is 0 Å². The van der Waals surface area contributed by atoms with Crippen LogP contribution in [-0.2, 0) is 31.6 Å². The lowest BCUT2D eigenvalue weighted by atomic mass is 9.78. The van der Waals surface area contributed by atoms with Gasteiger partial charge in [-0.2, -0.15) is 5.01 Å². The van der Waals surface area contributed by atoms with Gasteiger partial charge in [-0.25, -0.2) is 0 Å². The molecule has 1 aromatic rings. The highest BCUT2D eigenvalue weighted by molar-refractivity contribution is 6.04. The molecular formula is C33H54N2O4. The molecule has 0 aromatic heterocycles. The van der Waals surface area contributed by atoms with Crippen molar-refractivity contribution in [2.75, 3.05) is 0 Å². The Morgan fingerprint density at radius 2 is 1.44 bits per heavy atom. The molecule has 1 atom stereocenters. The number of nitrogens with zero attached hydrogens (tertiary/aromatic N) is 1. The van der Waals surface area contributed by atoms with E-state index in [1.807, 2.05) is 12.1 Å². The largest absolute Gasteiger partial charge is 0.507 e. The summed E-state index contributed by atoms with van der Waals surface area (Å²) in [5.41, 5.74) is 4.72. The third-order valence-electron chi connectivity index (χ3n) is 7.74. The first kappa shape index (κ1) is 32.8. The monoisotopic (exact) mass is 542 g/mol. The van der Waals surface area contributed by atoms with Gasteiger partial charge in [-0.05, 0) is 46.3 Å². The highest BCUT2D eigenvalue weighted by Crippen LogP contribution is 2.40. The zero-order valence-electron chi connectivity index (χ0n) is 25.9. The zero-order valence-corrected chi connectivity index (χ0v) is 25.9. The molecular weight excluding hydrogens is 488 g/mol. The van der Waals surface area contributed by atoms with E-state index in [0.29, 0.717) is 18.6 Å². The lowest BCUT2D eigenvalue weighted by Crippen LogP contribution is -2.46. The first-order chi connectivity index (χ1) is 18.1. The summed E-state index contributed by atoms with van der Waals surface area (Å²) in [6, 6.07) is 3.93. The van der Waals surface area contributed by atoms with Crippen LogP contribution in [-0.4, -0.2) is 27.8 Å². The van der Waals surface area contributed by atoms with E-state index >= 15 is 0 Å². The van der Waals surface area contributed by atoms with Crippen molar-refractivity contribution in [1.82, 2.24) is 10.4 Å². The van der Waals surface area contributed by atoms with E-state index in [2.05, 4.69) is 60.8 Å². The van der Waals surface area contributed by atoms with E-state index in [-0.39, 0.29) is 47.3 Å². The molecule has 1 unspecified atom stereocenters. The van der Waals surface area contributed by atoms with Crippen molar-refractivity contribution in [3.63, 3.8) is 0 Å². The maximum atomic E-state index is 12.8. The SMILES string of the molecule is CC(C)CCCCCCCCCC1CC(=O)N(NC(=O)CCc2cc(C(C)(C)C)c(O)c(C(C)(C)C)c2)C1=O. The second-order valence-corrected chi connectivity index (χ2v) is 14.0. The fourth-order valence-corrected chi connectivity index (χ4v) is 5.29. The number of benzene rings is 1. The number of aryl methyl sites for hydroxylation is 1. The number of hydrogen-bond donors (Lipinski definition) is 2.